The van der Waals surface area contributed by atoms with Crippen LogP contribution in [0.5, 0.6) is 0 Å². The molecule has 2 N–H and O–H groups in total. The van der Waals surface area contributed by atoms with Crippen molar-refractivity contribution in [2.45, 2.75) is 5.72 Å². The quantitative estimate of drug-likeness (QED) is 0.738. The van der Waals surface area contributed by atoms with Crippen LogP contribution >= 0.6 is 0 Å². The molecule has 1 aliphatic rings. The molecule has 1 unspecified atom stereocenters. The van der Waals surface area contributed by atoms with Crippen LogP contribution in [0.15, 0.2) is 48.8 Å². The lowest BCUT2D eigenvalue weighted by Crippen LogP contribution is -2.43. The first kappa shape index (κ1) is 10.2. The van der Waals surface area contributed by atoms with E-state index in [1.165, 1.54) is 0 Å². The van der Waals surface area contributed by atoms with E-state index in [1.807, 2.05) is 0 Å². The van der Waals surface area contributed by atoms with Crippen LogP contribution in [0.3, 0.4) is 0 Å². The average Bonchev–Trinajstić information content (AvgIpc) is 2.30. The van der Waals surface area contributed by atoms with Gasteiger partial charge in [-0.25, -0.2) is 4.79 Å². The van der Waals surface area contributed by atoms with Crippen LogP contribution in [-0.2, 0) is 10.5 Å². The zero-order valence-corrected chi connectivity index (χ0v) is 8.33. The molecule has 1 aromatic rings. The smallest absolute Gasteiger partial charge is 0.450 e. The van der Waals surface area contributed by atoms with Crippen LogP contribution in [0.1, 0.15) is 5.69 Å². The highest BCUT2D eigenvalue weighted by atomic mass is 16.7. The minimum atomic E-state index is -1.36. The van der Waals surface area contributed by atoms with Crippen molar-refractivity contribution < 1.29 is 14.6 Å². The van der Waals surface area contributed by atoms with E-state index in [2.05, 4.69) is 10.3 Å². The van der Waals surface area contributed by atoms with Crippen molar-refractivity contribution in [3.05, 3.63) is 54.5 Å². The fourth-order valence-corrected chi connectivity index (χ4v) is 1.46. The molecule has 1 aromatic heterocycles. The standard InChI is InChI=1S/C11H10N2O3/c14-10(15)16-11(6-2-4-8-13-11)9-5-1-3-7-12-9/h1-8,13H,(H,14,15). The molecule has 1 atom stereocenters. The van der Waals surface area contributed by atoms with Gasteiger partial charge in [-0.3, -0.25) is 4.98 Å². The molecule has 0 bridgehead atoms. The monoisotopic (exact) mass is 218 g/mol. The molecule has 5 nitrogen and oxygen atoms in total. The van der Waals surface area contributed by atoms with E-state index in [0.717, 1.165) is 0 Å². The number of aromatic nitrogens is 1. The maximum absolute atomic E-state index is 10.7. The number of dihydropyridines is 1. The number of allylic oxidation sites excluding steroid dienone is 2. The third-order valence-corrected chi connectivity index (χ3v) is 2.13. The summed E-state index contributed by atoms with van der Waals surface area (Å²) in [7, 11) is 0. The molecule has 82 valence electrons. The van der Waals surface area contributed by atoms with Crippen molar-refractivity contribution >= 4 is 6.16 Å². The van der Waals surface area contributed by atoms with Gasteiger partial charge in [0.1, 0.15) is 5.69 Å². The summed E-state index contributed by atoms with van der Waals surface area (Å²) in [5.74, 6) is 0. The Morgan fingerprint density at radius 1 is 1.44 bits per heavy atom. The lowest BCUT2D eigenvalue weighted by Gasteiger charge is -2.30. The molecule has 0 amide bonds. The molecular weight excluding hydrogens is 208 g/mol. The first-order valence-corrected chi connectivity index (χ1v) is 4.68. The first-order valence-electron chi connectivity index (χ1n) is 4.68. The van der Waals surface area contributed by atoms with Crippen molar-refractivity contribution in [1.82, 2.24) is 10.3 Å². The van der Waals surface area contributed by atoms with E-state index in [0.29, 0.717) is 5.69 Å². The van der Waals surface area contributed by atoms with Crippen LogP contribution in [0.25, 0.3) is 0 Å². The molecule has 0 fully saturated rings. The molecule has 2 rings (SSSR count). The third-order valence-electron chi connectivity index (χ3n) is 2.13. The lowest BCUT2D eigenvalue weighted by atomic mass is 10.1. The van der Waals surface area contributed by atoms with Gasteiger partial charge in [-0.05, 0) is 24.3 Å². The largest absolute Gasteiger partial charge is 0.508 e. The minimum absolute atomic E-state index is 0.484. The van der Waals surface area contributed by atoms with Gasteiger partial charge in [0.2, 0.25) is 5.72 Å². The Morgan fingerprint density at radius 3 is 2.88 bits per heavy atom. The van der Waals surface area contributed by atoms with Gasteiger partial charge in [0.25, 0.3) is 0 Å². The Labute approximate surface area is 92.1 Å². The summed E-state index contributed by atoms with van der Waals surface area (Å²) in [6, 6.07) is 5.21. The predicted molar refractivity (Wildman–Crippen MR) is 56.4 cm³/mol. The molecule has 0 saturated heterocycles. The fourth-order valence-electron chi connectivity index (χ4n) is 1.46. The van der Waals surface area contributed by atoms with Crippen molar-refractivity contribution in [1.29, 1.82) is 0 Å². The topological polar surface area (TPSA) is 71.5 Å². The van der Waals surface area contributed by atoms with E-state index in [4.69, 9.17) is 9.84 Å². The Morgan fingerprint density at radius 2 is 2.31 bits per heavy atom. The molecule has 2 heterocycles. The summed E-state index contributed by atoms with van der Waals surface area (Å²) < 4.78 is 4.87. The van der Waals surface area contributed by atoms with Crippen molar-refractivity contribution in [2.75, 3.05) is 0 Å². The average molecular weight is 218 g/mol. The fraction of sp³-hybridized carbons (Fsp3) is 0.0909. The normalized spacial score (nSPS) is 22.5. The number of hydrogen-bond acceptors (Lipinski definition) is 4. The Kier molecular flexibility index (Phi) is 2.59. The molecule has 5 heteroatoms. The second-order valence-electron chi connectivity index (χ2n) is 3.18. The third kappa shape index (κ3) is 1.88. The maximum atomic E-state index is 10.7. The maximum Gasteiger partial charge on any atom is 0.508 e. The highest BCUT2D eigenvalue weighted by Crippen LogP contribution is 2.24. The van der Waals surface area contributed by atoms with Crippen molar-refractivity contribution in [3.8, 4) is 0 Å². The molecule has 0 aliphatic carbocycles. The van der Waals surface area contributed by atoms with E-state index >= 15 is 0 Å². The molecule has 0 saturated carbocycles. The molecule has 0 aromatic carbocycles. The number of nitrogens with one attached hydrogen (secondary N) is 1. The van der Waals surface area contributed by atoms with Gasteiger partial charge in [-0.15, -0.1) is 0 Å². The first-order chi connectivity index (χ1) is 7.73. The van der Waals surface area contributed by atoms with Gasteiger partial charge in [0.05, 0.1) is 0 Å². The van der Waals surface area contributed by atoms with Crippen LogP contribution in [0.2, 0.25) is 0 Å². The Hall–Kier alpha value is -2.30. The predicted octanol–water partition coefficient (Wildman–Crippen LogP) is 1.60. The van der Waals surface area contributed by atoms with Crippen LogP contribution in [0, 0.1) is 0 Å². The van der Waals surface area contributed by atoms with E-state index in [-0.39, 0.29) is 0 Å². The van der Waals surface area contributed by atoms with E-state index in [1.54, 1.807) is 48.8 Å². The second kappa shape index (κ2) is 4.06. The summed E-state index contributed by atoms with van der Waals surface area (Å²) in [4.78, 5) is 14.8. The number of nitrogens with zero attached hydrogens (tertiary/aromatic N) is 1. The van der Waals surface area contributed by atoms with Crippen molar-refractivity contribution in [3.63, 3.8) is 0 Å². The van der Waals surface area contributed by atoms with Gasteiger partial charge >= 0.3 is 6.16 Å². The Bertz CT molecular complexity index is 442. The molecule has 16 heavy (non-hydrogen) atoms. The zero-order chi connectivity index (χ0) is 11.4. The van der Waals surface area contributed by atoms with Crippen molar-refractivity contribution in [2.24, 2.45) is 0 Å². The van der Waals surface area contributed by atoms with Crippen LogP contribution in [0.4, 0.5) is 4.79 Å². The zero-order valence-electron chi connectivity index (χ0n) is 8.33. The molecular formula is C11H10N2O3. The summed E-state index contributed by atoms with van der Waals surface area (Å²) in [6.07, 6.45) is 6.87. The van der Waals surface area contributed by atoms with Gasteiger partial charge in [-0.1, -0.05) is 12.1 Å². The number of ether oxygens (including phenoxy) is 1. The number of rotatable bonds is 2. The Balaban J connectivity index is 2.39. The molecule has 0 radical (unpaired) electrons. The summed E-state index contributed by atoms with van der Waals surface area (Å²) in [6.45, 7) is 0. The minimum Gasteiger partial charge on any atom is -0.450 e. The van der Waals surface area contributed by atoms with E-state index < -0.39 is 11.9 Å². The highest BCUT2D eigenvalue weighted by Gasteiger charge is 2.35. The van der Waals surface area contributed by atoms with Crippen LogP contribution in [-0.4, -0.2) is 16.2 Å². The van der Waals surface area contributed by atoms with Gasteiger partial charge in [0, 0.05) is 12.4 Å². The number of carboxylic acid groups (broad SMARTS) is 1. The van der Waals surface area contributed by atoms with Gasteiger partial charge in [0.15, 0.2) is 0 Å². The molecule has 0 spiro atoms. The summed E-state index contributed by atoms with van der Waals surface area (Å²) in [5.41, 5.74) is -0.750. The highest BCUT2D eigenvalue weighted by molar-refractivity contribution is 5.58. The van der Waals surface area contributed by atoms with Gasteiger partial charge in [-0.2, -0.15) is 0 Å². The SMILES string of the molecule is O=C(O)OC1(c2ccccn2)C=CC=CN1. The molecule has 1 aliphatic heterocycles. The summed E-state index contributed by atoms with van der Waals surface area (Å²) in [5, 5.41) is 11.6. The number of pyridine rings is 1. The lowest BCUT2D eigenvalue weighted by molar-refractivity contribution is -0.00830. The van der Waals surface area contributed by atoms with E-state index in [9.17, 15) is 4.79 Å². The number of carbonyl (C=O) groups is 1. The van der Waals surface area contributed by atoms with Gasteiger partial charge < -0.3 is 15.2 Å². The van der Waals surface area contributed by atoms with Crippen LogP contribution < -0.4 is 5.32 Å². The second-order valence-corrected chi connectivity index (χ2v) is 3.18. The summed E-state index contributed by atoms with van der Waals surface area (Å²) >= 11 is 0. The number of hydrogen-bond donors (Lipinski definition) is 2.